The van der Waals surface area contributed by atoms with Crippen LogP contribution in [0.1, 0.15) is 0 Å². The first kappa shape index (κ1) is 8.49. The summed E-state index contributed by atoms with van der Waals surface area (Å²) in [6, 6.07) is 4.68. The molecule has 72 valence electrons. The zero-order valence-corrected chi connectivity index (χ0v) is 7.35. The molecule has 1 heterocycles. The van der Waals surface area contributed by atoms with Crippen molar-refractivity contribution in [1.82, 2.24) is 10.1 Å². The van der Waals surface area contributed by atoms with Gasteiger partial charge in [0.25, 0.3) is 5.52 Å². The minimum atomic E-state index is -0.680. The van der Waals surface area contributed by atoms with Crippen molar-refractivity contribution in [1.29, 1.82) is 0 Å². The largest absolute Gasteiger partial charge is 0.595 e. The van der Waals surface area contributed by atoms with Gasteiger partial charge in [-0.1, -0.05) is 9.94 Å². The molecule has 14 heavy (non-hydrogen) atoms. The first-order chi connectivity index (χ1) is 6.70. The molecule has 0 radical (unpaired) electrons. The van der Waals surface area contributed by atoms with Crippen molar-refractivity contribution in [2.45, 2.75) is 0 Å². The third-order valence-electron chi connectivity index (χ3n) is 1.82. The maximum absolute atomic E-state index is 11.2. The predicted molar refractivity (Wildman–Crippen MR) is 47.9 cm³/mol. The minimum absolute atomic E-state index is 0.297. The van der Waals surface area contributed by atoms with Gasteiger partial charge in [-0.3, -0.25) is 0 Å². The van der Waals surface area contributed by atoms with Crippen molar-refractivity contribution in [3.8, 4) is 5.75 Å². The molecule has 6 nitrogen and oxygen atoms in total. The van der Waals surface area contributed by atoms with Crippen LogP contribution in [0.25, 0.3) is 11.0 Å². The summed E-state index contributed by atoms with van der Waals surface area (Å²) in [6.07, 6.45) is 0. The van der Waals surface area contributed by atoms with Crippen molar-refractivity contribution >= 4 is 11.0 Å². The van der Waals surface area contributed by atoms with Crippen molar-refractivity contribution in [2.24, 2.45) is 0 Å². The summed E-state index contributed by atoms with van der Waals surface area (Å²) in [4.78, 5) is 14.9. The highest BCUT2D eigenvalue weighted by atomic mass is 16.5. The second kappa shape index (κ2) is 2.99. The van der Waals surface area contributed by atoms with Gasteiger partial charge in [0.1, 0.15) is 11.3 Å². The molecule has 0 fully saturated rings. The summed E-state index contributed by atoms with van der Waals surface area (Å²) in [5, 5.41) is 13.2. The molecular weight excluding hydrogens is 186 g/mol. The molecule has 0 spiro atoms. The number of nitrogens with zero attached hydrogens (tertiary/aromatic N) is 2. The van der Waals surface area contributed by atoms with E-state index < -0.39 is 5.69 Å². The molecule has 0 amide bonds. The number of hydrogen-bond acceptors (Lipinski definition) is 4. The van der Waals surface area contributed by atoms with Crippen molar-refractivity contribution in [3.63, 3.8) is 0 Å². The summed E-state index contributed by atoms with van der Waals surface area (Å²) in [5.74, 6) is 0.551. The highest BCUT2D eigenvalue weighted by molar-refractivity contribution is 5.72. The van der Waals surface area contributed by atoms with Gasteiger partial charge in [-0.05, 0) is 6.07 Å². The van der Waals surface area contributed by atoms with Gasteiger partial charge in [0.05, 0.1) is 7.11 Å². The number of fused-ring (bicyclic) bond motifs is 1. The van der Waals surface area contributed by atoms with Crippen LogP contribution in [0.4, 0.5) is 0 Å². The molecule has 0 unspecified atom stereocenters. The Balaban J connectivity index is 2.82. The number of rotatable bonds is 1. The van der Waals surface area contributed by atoms with Gasteiger partial charge < -0.3 is 9.94 Å². The fourth-order valence-corrected chi connectivity index (χ4v) is 1.17. The van der Waals surface area contributed by atoms with Gasteiger partial charge >= 0.3 is 5.69 Å². The van der Waals surface area contributed by atoms with Gasteiger partial charge in [-0.15, -0.1) is 0 Å². The molecule has 2 aromatic rings. The monoisotopic (exact) mass is 193 g/mol. The second-order valence-corrected chi connectivity index (χ2v) is 2.68. The van der Waals surface area contributed by atoms with Crippen LogP contribution in [0.15, 0.2) is 23.0 Å². The quantitative estimate of drug-likeness (QED) is 0.492. The SMILES string of the molecule is COc1ccc2c(c1)nc(=O)[nH][n+]2[O-]. The number of aromatic nitrogens is 3. The fourth-order valence-electron chi connectivity index (χ4n) is 1.17. The summed E-state index contributed by atoms with van der Waals surface area (Å²) in [6.45, 7) is 0. The van der Waals surface area contributed by atoms with Crippen LogP contribution in [-0.4, -0.2) is 17.2 Å². The van der Waals surface area contributed by atoms with E-state index in [-0.39, 0.29) is 0 Å². The summed E-state index contributed by atoms with van der Waals surface area (Å²) < 4.78 is 4.94. The van der Waals surface area contributed by atoms with Gasteiger partial charge in [-0.25, -0.2) is 4.79 Å². The zero-order chi connectivity index (χ0) is 10.1. The standard InChI is InChI=1S/C8H7N3O3/c1-14-5-2-3-7-6(4-5)9-8(12)10-11(7)13/h2-4H,1H3,(H,9,10,12). The summed E-state index contributed by atoms with van der Waals surface area (Å²) in [5.41, 5.74) is -0.0748. The molecule has 1 N–H and O–H groups in total. The van der Waals surface area contributed by atoms with Crippen molar-refractivity contribution in [2.75, 3.05) is 7.11 Å². The van der Waals surface area contributed by atoms with E-state index >= 15 is 0 Å². The van der Waals surface area contributed by atoms with E-state index in [1.165, 1.54) is 19.2 Å². The molecule has 1 aromatic carbocycles. The number of nitrogens with one attached hydrogen (secondary N) is 1. The Kier molecular flexibility index (Phi) is 1.81. The molecule has 0 saturated carbocycles. The van der Waals surface area contributed by atoms with E-state index in [2.05, 4.69) is 4.98 Å². The molecule has 0 saturated heterocycles. The third kappa shape index (κ3) is 1.26. The van der Waals surface area contributed by atoms with Crippen LogP contribution in [0, 0.1) is 5.21 Å². The lowest BCUT2D eigenvalue weighted by Crippen LogP contribution is -2.39. The van der Waals surface area contributed by atoms with Crippen LogP contribution >= 0.6 is 0 Å². The lowest BCUT2D eigenvalue weighted by Gasteiger charge is -2.01. The van der Waals surface area contributed by atoms with Gasteiger partial charge in [-0.2, -0.15) is 4.98 Å². The molecule has 0 bridgehead atoms. The summed E-state index contributed by atoms with van der Waals surface area (Å²) >= 11 is 0. The number of methoxy groups -OCH3 is 1. The van der Waals surface area contributed by atoms with E-state index in [0.29, 0.717) is 21.6 Å². The van der Waals surface area contributed by atoms with E-state index in [1.807, 2.05) is 5.10 Å². The highest BCUT2D eigenvalue weighted by Crippen LogP contribution is 2.14. The molecule has 2 rings (SSSR count). The van der Waals surface area contributed by atoms with E-state index in [9.17, 15) is 10.0 Å². The second-order valence-electron chi connectivity index (χ2n) is 2.68. The molecule has 0 aliphatic rings. The van der Waals surface area contributed by atoms with E-state index in [0.717, 1.165) is 0 Å². The summed E-state index contributed by atoms with van der Waals surface area (Å²) in [7, 11) is 1.50. The Labute approximate surface area is 78.3 Å². The maximum Gasteiger partial charge on any atom is 0.395 e. The van der Waals surface area contributed by atoms with Crippen molar-refractivity contribution in [3.05, 3.63) is 33.9 Å². The Morgan fingerprint density at radius 2 is 2.36 bits per heavy atom. The average molecular weight is 193 g/mol. The molecule has 0 atom stereocenters. The van der Waals surface area contributed by atoms with E-state index in [4.69, 9.17) is 4.74 Å². The molecule has 0 aliphatic heterocycles. The van der Waals surface area contributed by atoms with E-state index in [1.54, 1.807) is 6.07 Å². The maximum atomic E-state index is 11.2. The lowest BCUT2D eigenvalue weighted by molar-refractivity contribution is -0.644. The van der Waals surface area contributed by atoms with Crippen LogP contribution in [0.2, 0.25) is 0 Å². The van der Waals surface area contributed by atoms with Crippen LogP contribution in [-0.2, 0) is 0 Å². The van der Waals surface area contributed by atoms with Crippen molar-refractivity contribution < 1.29 is 9.58 Å². The number of ether oxygens (including phenoxy) is 1. The zero-order valence-electron chi connectivity index (χ0n) is 7.35. The number of benzene rings is 1. The first-order valence-corrected chi connectivity index (χ1v) is 3.88. The molecular formula is C8H7N3O3. The number of hydrogen-bond donors (Lipinski definition) is 1. The highest BCUT2D eigenvalue weighted by Gasteiger charge is 2.07. The Hall–Kier alpha value is -2.11. The number of H-pyrrole nitrogens is 1. The van der Waals surface area contributed by atoms with Crippen LogP contribution in [0.5, 0.6) is 5.75 Å². The fraction of sp³-hybridized carbons (Fsp3) is 0.125. The van der Waals surface area contributed by atoms with Gasteiger partial charge in [0.15, 0.2) is 0 Å². The lowest BCUT2D eigenvalue weighted by atomic mass is 10.3. The normalized spacial score (nSPS) is 10.4. The Morgan fingerprint density at radius 3 is 3.07 bits per heavy atom. The smallest absolute Gasteiger partial charge is 0.395 e. The molecule has 0 aliphatic carbocycles. The van der Waals surface area contributed by atoms with Crippen LogP contribution in [0.3, 0.4) is 0 Å². The van der Waals surface area contributed by atoms with Gasteiger partial charge in [0.2, 0.25) is 0 Å². The Bertz CT molecular complexity index is 535. The van der Waals surface area contributed by atoms with Crippen LogP contribution < -0.4 is 15.3 Å². The Morgan fingerprint density at radius 1 is 1.57 bits per heavy atom. The third-order valence-corrected chi connectivity index (χ3v) is 1.82. The van der Waals surface area contributed by atoms with Gasteiger partial charge in [0, 0.05) is 12.1 Å². The number of aromatic amines is 1. The minimum Gasteiger partial charge on any atom is -0.595 e. The average Bonchev–Trinajstić information content (AvgIpc) is 2.16. The molecule has 1 aromatic heterocycles. The first-order valence-electron chi connectivity index (χ1n) is 3.88. The topological polar surface area (TPSA) is 81.9 Å². The predicted octanol–water partition coefficient (Wildman–Crippen LogP) is -0.435. The molecule has 6 heteroatoms.